The van der Waals surface area contributed by atoms with Crippen LogP contribution in [0.5, 0.6) is 0 Å². The summed E-state index contributed by atoms with van der Waals surface area (Å²) < 4.78 is 2.75. The third-order valence-electron chi connectivity index (χ3n) is 4.47. The first-order valence-corrected chi connectivity index (χ1v) is 8.55. The summed E-state index contributed by atoms with van der Waals surface area (Å²) >= 11 is 0. The second kappa shape index (κ2) is 6.24. The highest BCUT2D eigenvalue weighted by molar-refractivity contribution is 6.09. The number of carbonyl (C=O) groups is 1. The molecule has 0 saturated carbocycles. The largest absolute Gasteiger partial charge is 0.382 e. The number of nitrogens with zero attached hydrogens (tertiary/aromatic N) is 3. The monoisotopic (exact) mass is 363 g/mol. The first-order valence-electron chi connectivity index (χ1n) is 8.55. The number of aromatic amines is 1. The number of benzene rings is 1. The number of hydrogen-bond donors (Lipinski definition) is 2. The van der Waals surface area contributed by atoms with Gasteiger partial charge in [-0.05, 0) is 36.8 Å². The number of hydrogen-bond acceptors (Lipinski definition) is 5. The Hall–Kier alpha value is -3.68. The molecule has 0 unspecified atom stereocenters. The maximum Gasteiger partial charge on any atom is 0.328 e. The van der Waals surface area contributed by atoms with Gasteiger partial charge in [-0.25, -0.2) is 9.78 Å². The molecule has 3 heterocycles. The van der Waals surface area contributed by atoms with Gasteiger partial charge in [0.05, 0.1) is 16.4 Å². The number of aromatic nitrogens is 4. The van der Waals surface area contributed by atoms with Crippen molar-refractivity contribution in [2.24, 2.45) is 0 Å². The maximum absolute atomic E-state index is 13.0. The van der Waals surface area contributed by atoms with Gasteiger partial charge in [-0.2, -0.15) is 0 Å². The van der Waals surface area contributed by atoms with Gasteiger partial charge < -0.3 is 10.7 Å². The number of H-pyrrole nitrogens is 1. The Morgan fingerprint density at radius 1 is 1.22 bits per heavy atom. The van der Waals surface area contributed by atoms with Crippen LogP contribution in [0.4, 0.5) is 5.82 Å². The van der Waals surface area contributed by atoms with Gasteiger partial charge in [-0.1, -0.05) is 13.0 Å². The zero-order valence-corrected chi connectivity index (χ0v) is 14.6. The van der Waals surface area contributed by atoms with Gasteiger partial charge in [0.2, 0.25) is 5.78 Å². The van der Waals surface area contributed by atoms with Crippen molar-refractivity contribution in [3.63, 3.8) is 0 Å². The third kappa shape index (κ3) is 2.62. The van der Waals surface area contributed by atoms with Crippen LogP contribution in [-0.4, -0.2) is 24.7 Å². The Bertz CT molecular complexity index is 1310. The molecule has 0 amide bonds. The molecule has 0 aliphatic rings. The summed E-state index contributed by atoms with van der Waals surface area (Å²) in [6.45, 7) is 2.19. The number of fused-ring (bicyclic) bond motifs is 2. The summed E-state index contributed by atoms with van der Waals surface area (Å²) in [4.78, 5) is 44.5. The number of ketones is 1. The molecule has 0 spiro atoms. The molecule has 27 heavy (non-hydrogen) atoms. The highest BCUT2D eigenvalue weighted by atomic mass is 16.2. The normalized spacial score (nSPS) is 11.3. The molecule has 4 rings (SSSR count). The first-order chi connectivity index (χ1) is 13.0. The van der Waals surface area contributed by atoms with Crippen LogP contribution in [0, 0.1) is 0 Å². The molecule has 1 aromatic carbocycles. The minimum atomic E-state index is -0.458. The van der Waals surface area contributed by atoms with Crippen LogP contribution in [0.3, 0.4) is 0 Å². The van der Waals surface area contributed by atoms with Crippen molar-refractivity contribution in [3.05, 3.63) is 74.8 Å². The predicted octanol–water partition coefficient (Wildman–Crippen LogP) is 1.56. The number of imidazole rings is 1. The van der Waals surface area contributed by atoms with E-state index in [9.17, 15) is 14.4 Å². The summed E-state index contributed by atoms with van der Waals surface area (Å²) in [6, 6.07) is 9.96. The van der Waals surface area contributed by atoms with E-state index in [1.54, 1.807) is 34.9 Å². The molecule has 8 heteroatoms. The highest BCUT2D eigenvalue weighted by Gasteiger charge is 2.19. The average molecular weight is 363 g/mol. The number of nitrogen functional groups attached to an aromatic ring is 1. The van der Waals surface area contributed by atoms with Crippen molar-refractivity contribution in [1.82, 2.24) is 18.9 Å². The molecular formula is C19H17N5O3. The molecule has 0 aliphatic heterocycles. The average Bonchev–Trinajstić information content (AvgIpc) is 3.01. The van der Waals surface area contributed by atoms with Crippen LogP contribution in [0.25, 0.3) is 16.4 Å². The Kier molecular flexibility index (Phi) is 3.88. The van der Waals surface area contributed by atoms with E-state index in [2.05, 4.69) is 9.97 Å². The standard InChI is InChI=1S/C19H17N5O3/c1-2-8-24-18(26)12-10-11(6-7-13(12)21-19(24)27)15(25)17-22-16(20)14-5-3-4-9-23(14)17/h3-7,9-10H,2,8,20H2,1H3,(H,21,27). The Balaban J connectivity index is 1.90. The Labute approximate surface area is 152 Å². The molecule has 0 aliphatic carbocycles. The molecule has 0 fully saturated rings. The molecule has 3 N–H and O–H groups in total. The van der Waals surface area contributed by atoms with E-state index in [-0.39, 0.29) is 22.8 Å². The smallest absolute Gasteiger partial charge is 0.328 e. The maximum atomic E-state index is 13.0. The van der Waals surface area contributed by atoms with E-state index in [1.807, 2.05) is 13.0 Å². The molecule has 3 aromatic heterocycles. The fourth-order valence-corrected chi connectivity index (χ4v) is 3.17. The zero-order valence-electron chi connectivity index (χ0n) is 14.6. The minimum absolute atomic E-state index is 0.167. The lowest BCUT2D eigenvalue weighted by molar-refractivity contribution is 0.102. The number of anilines is 1. The van der Waals surface area contributed by atoms with Gasteiger partial charge in [-0.3, -0.25) is 18.6 Å². The van der Waals surface area contributed by atoms with Gasteiger partial charge in [0, 0.05) is 18.3 Å². The van der Waals surface area contributed by atoms with Crippen molar-refractivity contribution in [3.8, 4) is 0 Å². The second-order valence-corrected chi connectivity index (χ2v) is 6.25. The lowest BCUT2D eigenvalue weighted by Gasteiger charge is -2.06. The molecule has 0 atom stereocenters. The molecule has 8 nitrogen and oxygen atoms in total. The number of nitrogens with one attached hydrogen (secondary N) is 1. The topological polar surface area (TPSA) is 115 Å². The Morgan fingerprint density at radius 2 is 2.04 bits per heavy atom. The van der Waals surface area contributed by atoms with E-state index in [0.717, 1.165) is 4.57 Å². The fourth-order valence-electron chi connectivity index (χ4n) is 3.17. The van der Waals surface area contributed by atoms with Crippen molar-refractivity contribution in [2.75, 3.05) is 5.73 Å². The molecular weight excluding hydrogens is 346 g/mol. The second-order valence-electron chi connectivity index (χ2n) is 6.25. The summed E-state index contributed by atoms with van der Waals surface area (Å²) in [7, 11) is 0. The first kappa shape index (κ1) is 16.8. The van der Waals surface area contributed by atoms with Crippen LogP contribution in [0.1, 0.15) is 29.5 Å². The van der Waals surface area contributed by atoms with Gasteiger partial charge in [-0.15, -0.1) is 0 Å². The van der Waals surface area contributed by atoms with Crippen LogP contribution >= 0.6 is 0 Å². The number of pyridine rings is 1. The highest BCUT2D eigenvalue weighted by Crippen LogP contribution is 2.19. The lowest BCUT2D eigenvalue weighted by atomic mass is 10.1. The van der Waals surface area contributed by atoms with E-state index in [0.29, 0.717) is 29.6 Å². The minimum Gasteiger partial charge on any atom is -0.382 e. The Morgan fingerprint density at radius 3 is 2.81 bits per heavy atom. The van der Waals surface area contributed by atoms with Crippen molar-refractivity contribution < 1.29 is 4.79 Å². The van der Waals surface area contributed by atoms with Gasteiger partial charge in [0.15, 0.2) is 5.82 Å². The molecule has 0 bridgehead atoms. The van der Waals surface area contributed by atoms with Crippen LogP contribution < -0.4 is 17.0 Å². The number of rotatable bonds is 4. The predicted molar refractivity (Wildman–Crippen MR) is 102 cm³/mol. The number of carbonyl (C=O) groups excluding carboxylic acids is 1. The quantitative estimate of drug-likeness (QED) is 0.534. The zero-order chi connectivity index (χ0) is 19.1. The van der Waals surface area contributed by atoms with E-state index in [4.69, 9.17) is 5.73 Å². The van der Waals surface area contributed by atoms with Crippen LogP contribution in [0.15, 0.2) is 52.2 Å². The third-order valence-corrected chi connectivity index (χ3v) is 4.47. The van der Waals surface area contributed by atoms with Crippen LogP contribution in [-0.2, 0) is 6.54 Å². The number of nitrogens with two attached hydrogens (primary N) is 1. The molecule has 136 valence electrons. The van der Waals surface area contributed by atoms with E-state index >= 15 is 0 Å². The molecule has 4 aromatic rings. The SMILES string of the molecule is CCCn1c(=O)[nH]c2ccc(C(=O)c3nc(N)c4ccccn34)cc2c1=O. The fraction of sp³-hybridized carbons (Fsp3) is 0.158. The van der Waals surface area contributed by atoms with Crippen molar-refractivity contribution in [2.45, 2.75) is 19.9 Å². The molecule has 0 saturated heterocycles. The van der Waals surface area contributed by atoms with Gasteiger partial charge in [0.1, 0.15) is 5.82 Å². The lowest BCUT2D eigenvalue weighted by Crippen LogP contribution is -2.35. The van der Waals surface area contributed by atoms with Gasteiger partial charge >= 0.3 is 5.69 Å². The van der Waals surface area contributed by atoms with E-state index < -0.39 is 11.2 Å². The molecule has 0 radical (unpaired) electrons. The summed E-state index contributed by atoms with van der Waals surface area (Å²) in [5, 5.41) is 0.280. The summed E-state index contributed by atoms with van der Waals surface area (Å²) in [5.41, 5.74) is 6.35. The van der Waals surface area contributed by atoms with Crippen molar-refractivity contribution in [1.29, 1.82) is 0 Å². The van der Waals surface area contributed by atoms with Crippen LogP contribution in [0.2, 0.25) is 0 Å². The summed E-state index contributed by atoms with van der Waals surface area (Å²) in [5.74, 6) is 0.0672. The van der Waals surface area contributed by atoms with E-state index in [1.165, 1.54) is 6.07 Å². The summed E-state index contributed by atoms with van der Waals surface area (Å²) in [6.07, 6.45) is 2.35. The van der Waals surface area contributed by atoms with Crippen molar-refractivity contribution >= 4 is 28.0 Å². The van der Waals surface area contributed by atoms with Gasteiger partial charge in [0.25, 0.3) is 5.56 Å².